The maximum absolute atomic E-state index is 12.1. The third-order valence-electron chi connectivity index (χ3n) is 3.04. The number of carbonyl (C=O) groups excluding carboxylic acids is 1. The van der Waals surface area contributed by atoms with E-state index >= 15 is 0 Å². The van der Waals surface area contributed by atoms with Gasteiger partial charge in [0.25, 0.3) is 5.91 Å². The summed E-state index contributed by atoms with van der Waals surface area (Å²) >= 11 is 5.96. The topological polar surface area (TPSA) is 128 Å². The first kappa shape index (κ1) is 19.3. The maximum Gasteiger partial charge on any atom is 0.326 e. The number of carbonyl (C=O) groups is 2. The number of benzene rings is 1. The van der Waals surface area contributed by atoms with Gasteiger partial charge in [-0.05, 0) is 30.5 Å². The summed E-state index contributed by atoms with van der Waals surface area (Å²) in [6.45, 7) is 3.75. The molecule has 0 bridgehead atoms. The van der Waals surface area contributed by atoms with Crippen LogP contribution < -0.4 is 16.4 Å². The Kier molecular flexibility index (Phi) is 7.08. The molecule has 1 rings (SSSR count). The molecule has 8 heteroatoms. The number of rotatable bonds is 7. The third-order valence-corrected chi connectivity index (χ3v) is 3.35. The quantitative estimate of drug-likeness (QED) is 0.339. The SMILES string of the molecule is CC(C)CC(N/C=C(/C#N)C(=O)Nc1ccc(N)cc1Cl)C(=O)O. The average molecular weight is 351 g/mol. The molecule has 5 N–H and O–H groups in total. The van der Waals surface area contributed by atoms with Gasteiger partial charge in [0.1, 0.15) is 17.7 Å². The Bertz CT molecular complexity index is 695. The molecule has 0 aromatic heterocycles. The molecule has 0 aliphatic carbocycles. The van der Waals surface area contributed by atoms with Crippen molar-refractivity contribution >= 4 is 34.9 Å². The van der Waals surface area contributed by atoms with Crippen molar-refractivity contribution in [1.82, 2.24) is 5.32 Å². The Balaban J connectivity index is 2.85. The lowest BCUT2D eigenvalue weighted by Gasteiger charge is -2.15. The van der Waals surface area contributed by atoms with Crippen LogP contribution in [0.15, 0.2) is 30.0 Å². The van der Waals surface area contributed by atoms with Gasteiger partial charge in [0.15, 0.2) is 0 Å². The number of nitrogens with zero attached hydrogens (tertiary/aromatic N) is 1. The summed E-state index contributed by atoms with van der Waals surface area (Å²) in [5.41, 5.74) is 6.04. The molecule has 1 aromatic carbocycles. The van der Waals surface area contributed by atoms with E-state index in [4.69, 9.17) is 27.7 Å². The lowest BCUT2D eigenvalue weighted by molar-refractivity contribution is -0.139. The van der Waals surface area contributed by atoms with E-state index in [1.54, 1.807) is 12.1 Å². The van der Waals surface area contributed by atoms with Crippen molar-refractivity contribution in [3.8, 4) is 6.07 Å². The first-order valence-electron chi connectivity index (χ1n) is 7.20. The Morgan fingerprint density at radius 1 is 1.46 bits per heavy atom. The molecule has 0 aliphatic rings. The van der Waals surface area contributed by atoms with E-state index in [1.807, 2.05) is 13.8 Å². The fraction of sp³-hybridized carbons (Fsp3) is 0.312. The van der Waals surface area contributed by atoms with Crippen LogP contribution in [-0.2, 0) is 9.59 Å². The summed E-state index contributed by atoms with van der Waals surface area (Å²) in [6.07, 6.45) is 1.46. The van der Waals surface area contributed by atoms with E-state index in [-0.39, 0.29) is 16.5 Å². The molecular formula is C16H19ClN4O3. The van der Waals surface area contributed by atoms with E-state index < -0.39 is 17.9 Å². The van der Waals surface area contributed by atoms with Crippen LogP contribution in [-0.4, -0.2) is 23.0 Å². The number of hydrogen-bond donors (Lipinski definition) is 4. The van der Waals surface area contributed by atoms with Gasteiger partial charge in [-0.25, -0.2) is 4.79 Å². The summed E-state index contributed by atoms with van der Waals surface area (Å²) in [5, 5.41) is 23.5. The molecule has 24 heavy (non-hydrogen) atoms. The monoisotopic (exact) mass is 350 g/mol. The lowest BCUT2D eigenvalue weighted by Crippen LogP contribution is -2.35. The number of carboxylic acids is 1. The number of aliphatic carboxylic acids is 1. The molecule has 0 spiro atoms. The van der Waals surface area contributed by atoms with Gasteiger partial charge in [-0.1, -0.05) is 25.4 Å². The highest BCUT2D eigenvalue weighted by Crippen LogP contribution is 2.24. The number of halogens is 1. The predicted octanol–water partition coefficient (Wildman–Crippen LogP) is 2.36. The third kappa shape index (κ3) is 5.82. The van der Waals surface area contributed by atoms with Crippen LogP contribution in [0.25, 0.3) is 0 Å². The minimum absolute atomic E-state index is 0.139. The van der Waals surface area contributed by atoms with Crippen LogP contribution in [0, 0.1) is 17.2 Å². The summed E-state index contributed by atoms with van der Waals surface area (Å²) in [6, 6.07) is 5.37. The van der Waals surface area contributed by atoms with Crippen molar-refractivity contribution in [2.75, 3.05) is 11.1 Å². The zero-order chi connectivity index (χ0) is 18.3. The van der Waals surface area contributed by atoms with Gasteiger partial charge in [0.05, 0.1) is 10.7 Å². The number of nitrogens with two attached hydrogens (primary N) is 1. The molecule has 1 amide bonds. The predicted molar refractivity (Wildman–Crippen MR) is 92.2 cm³/mol. The van der Waals surface area contributed by atoms with Gasteiger partial charge in [-0.3, -0.25) is 4.79 Å². The molecule has 1 aromatic rings. The van der Waals surface area contributed by atoms with Crippen LogP contribution in [0.1, 0.15) is 20.3 Å². The Labute approximate surface area is 145 Å². The number of carboxylic acid groups (broad SMARTS) is 1. The van der Waals surface area contributed by atoms with Crippen LogP contribution in [0.5, 0.6) is 0 Å². The fourth-order valence-electron chi connectivity index (χ4n) is 1.87. The molecule has 128 valence electrons. The second-order valence-electron chi connectivity index (χ2n) is 5.55. The van der Waals surface area contributed by atoms with Crippen LogP contribution in [0.2, 0.25) is 5.02 Å². The summed E-state index contributed by atoms with van der Waals surface area (Å²) in [4.78, 5) is 23.3. The number of nitrogen functional groups attached to an aromatic ring is 1. The van der Waals surface area contributed by atoms with E-state index in [0.29, 0.717) is 17.8 Å². The standard InChI is InChI=1S/C16H19ClN4O3/c1-9(2)5-14(16(23)24)20-8-10(7-18)15(22)21-13-4-3-11(19)6-12(13)17/h3-4,6,8-9,14,20H,5,19H2,1-2H3,(H,21,22)(H,23,24)/b10-8-. The first-order valence-corrected chi connectivity index (χ1v) is 7.58. The van der Waals surface area contributed by atoms with Crippen molar-refractivity contribution in [1.29, 1.82) is 5.26 Å². The molecule has 7 nitrogen and oxygen atoms in total. The first-order chi connectivity index (χ1) is 11.2. The maximum atomic E-state index is 12.1. The van der Waals surface area contributed by atoms with E-state index in [9.17, 15) is 9.59 Å². The van der Waals surface area contributed by atoms with Gasteiger partial charge < -0.3 is 21.5 Å². The van der Waals surface area contributed by atoms with Crippen molar-refractivity contribution in [2.45, 2.75) is 26.3 Å². The average Bonchev–Trinajstić information content (AvgIpc) is 2.49. The molecular weight excluding hydrogens is 332 g/mol. The minimum Gasteiger partial charge on any atom is -0.480 e. The van der Waals surface area contributed by atoms with Gasteiger partial charge in [-0.15, -0.1) is 0 Å². The number of anilines is 2. The Hall–Kier alpha value is -2.72. The van der Waals surface area contributed by atoms with Crippen molar-refractivity contribution in [3.05, 3.63) is 35.0 Å². The number of amides is 1. The van der Waals surface area contributed by atoms with E-state index in [1.165, 1.54) is 12.1 Å². The van der Waals surface area contributed by atoms with E-state index in [2.05, 4.69) is 10.6 Å². The highest BCUT2D eigenvalue weighted by molar-refractivity contribution is 6.34. The molecule has 0 saturated heterocycles. The minimum atomic E-state index is -1.06. The van der Waals surface area contributed by atoms with Gasteiger partial charge >= 0.3 is 5.97 Å². The molecule has 1 unspecified atom stereocenters. The largest absolute Gasteiger partial charge is 0.480 e. The summed E-state index contributed by atoms with van der Waals surface area (Å²) in [7, 11) is 0. The number of nitriles is 1. The second-order valence-corrected chi connectivity index (χ2v) is 5.96. The van der Waals surface area contributed by atoms with Gasteiger partial charge in [0.2, 0.25) is 0 Å². The van der Waals surface area contributed by atoms with Gasteiger partial charge in [-0.2, -0.15) is 5.26 Å². The number of nitrogens with one attached hydrogen (secondary N) is 2. The summed E-state index contributed by atoms with van der Waals surface area (Å²) < 4.78 is 0. The van der Waals surface area contributed by atoms with Crippen molar-refractivity contribution in [2.24, 2.45) is 5.92 Å². The molecule has 0 saturated carbocycles. The van der Waals surface area contributed by atoms with Crippen molar-refractivity contribution in [3.63, 3.8) is 0 Å². The Morgan fingerprint density at radius 3 is 2.62 bits per heavy atom. The molecule has 1 atom stereocenters. The van der Waals surface area contributed by atoms with Gasteiger partial charge in [0, 0.05) is 11.9 Å². The smallest absolute Gasteiger partial charge is 0.326 e. The highest BCUT2D eigenvalue weighted by atomic mass is 35.5. The molecule has 0 fully saturated rings. The lowest BCUT2D eigenvalue weighted by atomic mass is 10.0. The number of hydrogen-bond acceptors (Lipinski definition) is 5. The highest BCUT2D eigenvalue weighted by Gasteiger charge is 2.18. The molecule has 0 radical (unpaired) electrons. The zero-order valence-corrected chi connectivity index (χ0v) is 14.1. The molecule has 0 heterocycles. The van der Waals surface area contributed by atoms with Crippen LogP contribution in [0.3, 0.4) is 0 Å². The van der Waals surface area contributed by atoms with Crippen LogP contribution >= 0.6 is 11.6 Å². The zero-order valence-electron chi connectivity index (χ0n) is 13.3. The molecule has 0 aliphatic heterocycles. The Morgan fingerprint density at radius 2 is 2.12 bits per heavy atom. The van der Waals surface area contributed by atoms with E-state index in [0.717, 1.165) is 6.20 Å². The normalized spacial score (nSPS) is 12.4. The van der Waals surface area contributed by atoms with Crippen molar-refractivity contribution < 1.29 is 14.7 Å². The second kappa shape index (κ2) is 8.79. The van der Waals surface area contributed by atoms with Crippen LogP contribution in [0.4, 0.5) is 11.4 Å². The fourth-order valence-corrected chi connectivity index (χ4v) is 2.10. The summed E-state index contributed by atoms with van der Waals surface area (Å²) in [5.74, 6) is -1.62.